The van der Waals surface area contributed by atoms with Gasteiger partial charge in [0.05, 0.1) is 27.1 Å². The van der Waals surface area contributed by atoms with Gasteiger partial charge in [0.2, 0.25) is 0 Å². The molecular formula is C47H50ClFN6O7S. The fourth-order valence-corrected chi connectivity index (χ4v) is 10.8. The number of nitrogens with one attached hydrogen (secondary N) is 2. The van der Waals surface area contributed by atoms with Crippen LogP contribution in [0.15, 0.2) is 89.6 Å². The number of carbonyl (C=O) groups excluding carboxylic acids is 1. The Morgan fingerprint density at radius 2 is 1.81 bits per heavy atom. The van der Waals surface area contributed by atoms with Gasteiger partial charge in [0.1, 0.15) is 23.0 Å². The summed E-state index contributed by atoms with van der Waals surface area (Å²) in [7, 11) is -4.79. The summed E-state index contributed by atoms with van der Waals surface area (Å²) in [5.74, 6) is -1.47. The van der Waals surface area contributed by atoms with E-state index in [1.165, 1.54) is 54.7 Å². The number of H-pyrrole nitrogens is 1. The van der Waals surface area contributed by atoms with Gasteiger partial charge >= 0.3 is 0 Å². The first-order chi connectivity index (χ1) is 30.4. The second-order valence-electron chi connectivity index (χ2n) is 17.4. The normalized spacial score (nSPS) is 18.4. The van der Waals surface area contributed by atoms with Gasteiger partial charge in [-0.05, 0) is 123 Å². The van der Waals surface area contributed by atoms with E-state index in [0.29, 0.717) is 49.5 Å². The summed E-state index contributed by atoms with van der Waals surface area (Å²) in [6.45, 7) is 5.08. The summed E-state index contributed by atoms with van der Waals surface area (Å²) in [5, 5.41) is 13.6. The van der Waals surface area contributed by atoms with Gasteiger partial charge in [0, 0.05) is 80.4 Å². The third kappa shape index (κ3) is 9.47. The lowest BCUT2D eigenvalue weighted by Gasteiger charge is -2.47. The summed E-state index contributed by atoms with van der Waals surface area (Å²) in [6.07, 6.45) is 12.7. The molecule has 3 fully saturated rings. The maximum Gasteiger partial charge on any atom is 0.276 e. The Morgan fingerprint density at radius 1 is 1.03 bits per heavy atom. The Labute approximate surface area is 370 Å². The fraction of sp³-hybridized carbons (Fsp3) is 0.404. The number of nitro benzene ring substituents is 1. The monoisotopic (exact) mass is 896 g/mol. The van der Waals surface area contributed by atoms with Crippen LogP contribution in [0.2, 0.25) is 5.02 Å². The molecular weight excluding hydrogens is 847 g/mol. The van der Waals surface area contributed by atoms with E-state index in [1.54, 1.807) is 24.4 Å². The van der Waals surface area contributed by atoms with Crippen molar-refractivity contribution in [3.63, 3.8) is 0 Å². The average molecular weight is 897 g/mol. The number of carbonyl (C=O) groups is 1. The fourth-order valence-electron chi connectivity index (χ4n) is 9.69. The smallest absolute Gasteiger partial charge is 0.276 e. The van der Waals surface area contributed by atoms with Gasteiger partial charge in [0.25, 0.3) is 21.6 Å². The Hall–Kier alpha value is -5.35. The molecule has 9 rings (SSSR count). The first-order valence-corrected chi connectivity index (χ1v) is 23.6. The van der Waals surface area contributed by atoms with Crippen LogP contribution in [0.3, 0.4) is 0 Å². The zero-order valence-corrected chi connectivity index (χ0v) is 36.5. The molecule has 1 saturated carbocycles. The number of halogens is 2. The molecule has 13 nitrogen and oxygen atoms in total. The van der Waals surface area contributed by atoms with Crippen LogP contribution >= 0.6 is 11.6 Å². The van der Waals surface area contributed by atoms with Gasteiger partial charge in [-0.3, -0.25) is 19.8 Å². The van der Waals surface area contributed by atoms with E-state index < -0.39 is 37.3 Å². The van der Waals surface area contributed by atoms with E-state index >= 15 is 4.39 Å². The first-order valence-electron chi connectivity index (χ1n) is 21.7. The molecule has 0 bridgehead atoms. The van der Waals surface area contributed by atoms with Crippen molar-refractivity contribution < 1.29 is 32.0 Å². The molecule has 330 valence electrons. The van der Waals surface area contributed by atoms with Crippen LogP contribution in [0.4, 0.5) is 15.8 Å². The number of nitrogens with zero attached hydrogens (tertiary/aromatic N) is 4. The molecule has 0 unspecified atom stereocenters. The lowest BCUT2D eigenvalue weighted by molar-refractivity contribution is -0.386. The van der Waals surface area contributed by atoms with E-state index in [1.807, 2.05) is 22.9 Å². The Kier molecular flexibility index (Phi) is 12.3. The predicted octanol–water partition coefficient (Wildman–Crippen LogP) is 9.46. The lowest BCUT2D eigenvalue weighted by atomic mass is 9.59. The highest BCUT2D eigenvalue weighted by Crippen LogP contribution is 2.55. The van der Waals surface area contributed by atoms with Crippen LogP contribution in [0.25, 0.3) is 16.6 Å². The van der Waals surface area contributed by atoms with Crippen molar-refractivity contribution in [2.75, 3.05) is 50.8 Å². The summed E-state index contributed by atoms with van der Waals surface area (Å²) in [4.78, 5) is 36.7. The molecule has 4 heterocycles. The number of hydrogen-bond donors (Lipinski definition) is 2. The SMILES string of the molecule is O=C(NS(=O)(=O)c1cc(F)c(CCC2CCOCC2)c([N+](=O)[O-])c1)c1ccc(N2CCN(CC3=C(c4ccc(Cl)cc4)CC4(CCC4)CC3)CC2)cc1Oc1cnc2[nH]ccc2c1. The van der Waals surface area contributed by atoms with E-state index in [2.05, 4.69) is 31.9 Å². The highest BCUT2D eigenvalue weighted by atomic mass is 35.5. The summed E-state index contributed by atoms with van der Waals surface area (Å²) < 4.78 is 56.6. The maximum absolute atomic E-state index is 15.6. The van der Waals surface area contributed by atoms with Gasteiger partial charge < -0.3 is 19.4 Å². The Balaban J connectivity index is 0.936. The molecule has 4 aliphatic rings. The van der Waals surface area contributed by atoms with Crippen molar-refractivity contribution in [3.05, 3.63) is 122 Å². The zero-order valence-electron chi connectivity index (χ0n) is 34.9. The number of allylic oxidation sites excluding steroid dienone is 1. The maximum atomic E-state index is 15.6. The van der Waals surface area contributed by atoms with Gasteiger partial charge in [-0.25, -0.2) is 22.5 Å². The molecule has 2 aliphatic carbocycles. The van der Waals surface area contributed by atoms with E-state index in [4.69, 9.17) is 21.1 Å². The standard InChI is InChI=1S/C47H50ClFN6O7S/c48-35-5-3-32(4-6-35)41-28-47(14-1-15-47)16-10-34(41)30-53-18-20-54(21-19-53)36-7-9-40(44(25-36)62-37-24-33-11-17-50-45(33)51-29-37)46(56)52-63(59,60)38-26-42(49)39(43(27-38)55(57)58)8-2-31-12-22-61-23-13-31/h3-7,9,11,17,24-27,29,31H,1-2,8,10,12-16,18-23,28,30H2,(H,50,51)(H,52,56). The van der Waals surface area contributed by atoms with Crippen molar-refractivity contribution in [2.24, 2.45) is 11.3 Å². The third-order valence-electron chi connectivity index (χ3n) is 13.5. The average Bonchev–Trinajstić information content (AvgIpc) is 3.74. The van der Waals surface area contributed by atoms with Crippen LogP contribution in [0, 0.1) is 27.3 Å². The molecule has 2 saturated heterocycles. The lowest BCUT2D eigenvalue weighted by Crippen LogP contribution is -2.47. The van der Waals surface area contributed by atoms with Crippen LogP contribution in [-0.4, -0.2) is 80.1 Å². The first kappa shape index (κ1) is 42.9. The number of nitro groups is 1. The van der Waals surface area contributed by atoms with Crippen LogP contribution in [0.1, 0.15) is 79.3 Å². The molecule has 2 N–H and O–H groups in total. The Morgan fingerprint density at radius 3 is 2.54 bits per heavy atom. The highest BCUT2D eigenvalue weighted by molar-refractivity contribution is 7.90. The molecule has 2 aromatic heterocycles. The zero-order chi connectivity index (χ0) is 43.7. The van der Waals surface area contributed by atoms with Crippen LogP contribution in [-0.2, 0) is 21.2 Å². The number of hydrogen-bond acceptors (Lipinski definition) is 10. The number of pyridine rings is 1. The van der Waals surface area contributed by atoms with Crippen LogP contribution in [0.5, 0.6) is 11.5 Å². The number of rotatable bonds is 13. The van der Waals surface area contributed by atoms with Crippen molar-refractivity contribution in [3.8, 4) is 11.5 Å². The topological polar surface area (TPSA) is 160 Å². The molecule has 1 amide bonds. The number of piperazine rings is 1. The minimum absolute atomic E-state index is 0.0644. The molecule has 63 heavy (non-hydrogen) atoms. The van der Waals surface area contributed by atoms with Gasteiger partial charge in [0.15, 0.2) is 0 Å². The number of fused-ring (bicyclic) bond motifs is 1. The van der Waals surface area contributed by atoms with Gasteiger partial charge in [-0.2, -0.15) is 0 Å². The van der Waals surface area contributed by atoms with Crippen LogP contribution < -0.4 is 14.4 Å². The summed E-state index contributed by atoms with van der Waals surface area (Å²) >= 11 is 6.27. The molecule has 0 radical (unpaired) electrons. The molecule has 1 spiro atoms. The number of ether oxygens (including phenoxy) is 2. The highest BCUT2D eigenvalue weighted by Gasteiger charge is 2.41. The second kappa shape index (κ2) is 18.0. The number of sulfonamides is 1. The summed E-state index contributed by atoms with van der Waals surface area (Å²) in [5.41, 5.74) is 5.13. The van der Waals surface area contributed by atoms with Crippen molar-refractivity contribution in [2.45, 2.75) is 69.1 Å². The molecule has 0 atom stereocenters. The number of aromatic nitrogens is 2. The minimum Gasteiger partial charge on any atom is -0.455 e. The predicted molar refractivity (Wildman–Crippen MR) is 239 cm³/mol. The minimum atomic E-state index is -4.79. The molecule has 2 aliphatic heterocycles. The Bertz CT molecular complexity index is 2670. The van der Waals surface area contributed by atoms with Gasteiger partial charge in [-0.15, -0.1) is 0 Å². The second-order valence-corrected chi connectivity index (χ2v) is 19.6. The van der Waals surface area contributed by atoms with Crippen molar-refractivity contribution >= 4 is 55.5 Å². The van der Waals surface area contributed by atoms with E-state index in [-0.39, 0.29) is 29.2 Å². The number of amides is 1. The third-order valence-corrected chi connectivity index (χ3v) is 15.1. The quantitative estimate of drug-likeness (QED) is 0.0861. The molecule has 3 aromatic carbocycles. The van der Waals surface area contributed by atoms with E-state index in [0.717, 1.165) is 73.5 Å². The molecule has 5 aromatic rings. The van der Waals surface area contributed by atoms with Gasteiger partial charge in [-0.1, -0.05) is 35.7 Å². The number of benzene rings is 3. The van der Waals surface area contributed by atoms with E-state index in [9.17, 15) is 23.3 Å². The molecule has 16 heteroatoms. The largest absolute Gasteiger partial charge is 0.455 e. The van der Waals surface area contributed by atoms with Crippen molar-refractivity contribution in [1.82, 2.24) is 19.6 Å². The van der Waals surface area contributed by atoms with Crippen molar-refractivity contribution in [1.29, 1.82) is 0 Å². The number of anilines is 1. The number of aromatic amines is 1. The summed E-state index contributed by atoms with van der Waals surface area (Å²) in [6, 6.07) is 18.3.